The van der Waals surface area contributed by atoms with Crippen molar-refractivity contribution in [3.63, 3.8) is 0 Å². The molecule has 1 fully saturated rings. The Labute approximate surface area is 129 Å². The van der Waals surface area contributed by atoms with Gasteiger partial charge in [-0.05, 0) is 56.7 Å². The highest BCUT2D eigenvalue weighted by atomic mass is 16.3. The molecule has 0 saturated carbocycles. The van der Waals surface area contributed by atoms with Crippen LogP contribution in [-0.4, -0.2) is 30.8 Å². The fraction of sp³-hybridized carbons (Fsp3) is 0.667. The number of anilines is 1. The molecule has 0 amide bonds. The summed E-state index contributed by atoms with van der Waals surface area (Å²) in [4.78, 5) is 2.49. The second-order valence-electron chi connectivity index (χ2n) is 6.15. The predicted molar refractivity (Wildman–Crippen MR) is 89.8 cm³/mol. The molecule has 2 atom stereocenters. The van der Waals surface area contributed by atoms with E-state index in [1.54, 1.807) is 0 Å². The summed E-state index contributed by atoms with van der Waals surface area (Å²) < 4.78 is 0. The molecular weight excluding hydrogens is 260 g/mol. The second kappa shape index (κ2) is 8.40. The van der Waals surface area contributed by atoms with Crippen molar-refractivity contribution in [2.45, 2.75) is 58.0 Å². The quantitative estimate of drug-likeness (QED) is 0.807. The molecule has 0 aliphatic carbocycles. The van der Waals surface area contributed by atoms with Crippen LogP contribution in [0.2, 0.25) is 0 Å². The molecule has 2 unspecified atom stereocenters. The SMILES string of the molecule is CCC(CCO)NC(C)c1ccc(N2CCCCC2)cc1. The Morgan fingerprint density at radius 2 is 1.81 bits per heavy atom. The molecule has 1 aliphatic heterocycles. The van der Waals surface area contributed by atoms with E-state index in [1.165, 1.54) is 43.6 Å². The first kappa shape index (κ1) is 16.3. The van der Waals surface area contributed by atoms with Crippen LogP contribution in [0.15, 0.2) is 24.3 Å². The summed E-state index contributed by atoms with van der Waals surface area (Å²) in [6.45, 7) is 7.02. The molecule has 118 valence electrons. The number of hydrogen-bond donors (Lipinski definition) is 2. The minimum absolute atomic E-state index is 0.256. The zero-order chi connectivity index (χ0) is 15.1. The van der Waals surface area contributed by atoms with Gasteiger partial charge in [0.05, 0.1) is 0 Å². The fourth-order valence-electron chi connectivity index (χ4n) is 3.14. The van der Waals surface area contributed by atoms with Gasteiger partial charge in [0.2, 0.25) is 0 Å². The standard InChI is InChI=1S/C18H30N2O/c1-3-17(11-14-21)19-15(2)16-7-9-18(10-8-16)20-12-5-4-6-13-20/h7-10,15,17,19,21H,3-6,11-14H2,1-2H3. The summed E-state index contributed by atoms with van der Waals surface area (Å²) in [5.41, 5.74) is 2.68. The van der Waals surface area contributed by atoms with Crippen molar-refractivity contribution in [3.8, 4) is 0 Å². The molecule has 0 aromatic heterocycles. The highest BCUT2D eigenvalue weighted by Crippen LogP contribution is 2.22. The van der Waals surface area contributed by atoms with Crippen molar-refractivity contribution >= 4 is 5.69 Å². The largest absolute Gasteiger partial charge is 0.396 e. The Bertz CT molecular complexity index is 398. The Hall–Kier alpha value is -1.06. The zero-order valence-corrected chi connectivity index (χ0v) is 13.5. The molecule has 0 spiro atoms. The van der Waals surface area contributed by atoms with Crippen LogP contribution in [0.3, 0.4) is 0 Å². The molecular formula is C18H30N2O. The van der Waals surface area contributed by atoms with E-state index >= 15 is 0 Å². The minimum atomic E-state index is 0.256. The Morgan fingerprint density at radius 3 is 2.38 bits per heavy atom. The van der Waals surface area contributed by atoms with Crippen LogP contribution in [0.5, 0.6) is 0 Å². The lowest BCUT2D eigenvalue weighted by atomic mass is 10.0. The minimum Gasteiger partial charge on any atom is -0.396 e. The average Bonchev–Trinajstić information content (AvgIpc) is 2.55. The lowest BCUT2D eigenvalue weighted by Crippen LogP contribution is -2.32. The normalized spacial score (nSPS) is 18.5. The maximum absolute atomic E-state index is 9.09. The van der Waals surface area contributed by atoms with E-state index in [0.717, 1.165) is 12.8 Å². The second-order valence-corrected chi connectivity index (χ2v) is 6.15. The molecule has 1 aliphatic rings. The van der Waals surface area contributed by atoms with Gasteiger partial charge in [-0.1, -0.05) is 19.1 Å². The molecule has 1 heterocycles. The number of rotatable bonds is 7. The van der Waals surface area contributed by atoms with Crippen LogP contribution in [0.1, 0.15) is 57.6 Å². The van der Waals surface area contributed by atoms with Gasteiger partial charge in [0, 0.05) is 37.5 Å². The maximum atomic E-state index is 9.09. The lowest BCUT2D eigenvalue weighted by molar-refractivity contribution is 0.257. The number of nitrogens with one attached hydrogen (secondary N) is 1. The topological polar surface area (TPSA) is 35.5 Å². The predicted octanol–water partition coefficient (Wildman–Crippen LogP) is 3.49. The smallest absolute Gasteiger partial charge is 0.0445 e. The molecule has 0 radical (unpaired) electrons. The van der Waals surface area contributed by atoms with E-state index in [2.05, 4.69) is 48.3 Å². The van der Waals surface area contributed by atoms with E-state index in [1.807, 2.05) is 0 Å². The van der Waals surface area contributed by atoms with Gasteiger partial charge in [-0.15, -0.1) is 0 Å². The van der Waals surface area contributed by atoms with Crippen molar-refractivity contribution in [1.29, 1.82) is 0 Å². The summed E-state index contributed by atoms with van der Waals surface area (Å²) >= 11 is 0. The number of aliphatic hydroxyl groups is 1. The number of hydrogen-bond acceptors (Lipinski definition) is 3. The van der Waals surface area contributed by atoms with E-state index < -0.39 is 0 Å². The summed E-state index contributed by atoms with van der Waals surface area (Å²) in [5.74, 6) is 0. The molecule has 3 nitrogen and oxygen atoms in total. The van der Waals surface area contributed by atoms with Crippen molar-refractivity contribution in [2.75, 3.05) is 24.6 Å². The van der Waals surface area contributed by atoms with Gasteiger partial charge in [0.15, 0.2) is 0 Å². The van der Waals surface area contributed by atoms with E-state index in [9.17, 15) is 0 Å². The highest BCUT2D eigenvalue weighted by Gasteiger charge is 2.13. The fourth-order valence-corrected chi connectivity index (χ4v) is 3.14. The van der Waals surface area contributed by atoms with E-state index in [-0.39, 0.29) is 6.61 Å². The molecule has 1 aromatic rings. The van der Waals surface area contributed by atoms with Gasteiger partial charge in [-0.2, -0.15) is 0 Å². The van der Waals surface area contributed by atoms with E-state index in [0.29, 0.717) is 12.1 Å². The van der Waals surface area contributed by atoms with Gasteiger partial charge in [0.1, 0.15) is 0 Å². The maximum Gasteiger partial charge on any atom is 0.0445 e. The van der Waals surface area contributed by atoms with Gasteiger partial charge in [-0.25, -0.2) is 0 Å². The Morgan fingerprint density at radius 1 is 1.14 bits per heavy atom. The number of piperidine rings is 1. The molecule has 2 rings (SSSR count). The first-order chi connectivity index (χ1) is 10.2. The first-order valence-corrected chi connectivity index (χ1v) is 8.46. The van der Waals surface area contributed by atoms with Crippen molar-refractivity contribution in [3.05, 3.63) is 29.8 Å². The van der Waals surface area contributed by atoms with Gasteiger partial charge < -0.3 is 15.3 Å². The van der Waals surface area contributed by atoms with Crippen LogP contribution in [0.25, 0.3) is 0 Å². The third-order valence-electron chi connectivity index (χ3n) is 4.57. The van der Waals surface area contributed by atoms with E-state index in [4.69, 9.17) is 5.11 Å². The Balaban J connectivity index is 1.94. The third kappa shape index (κ3) is 4.72. The monoisotopic (exact) mass is 290 g/mol. The number of nitrogens with zero attached hydrogens (tertiary/aromatic N) is 1. The summed E-state index contributed by atoms with van der Waals surface area (Å²) in [6.07, 6.45) is 5.89. The van der Waals surface area contributed by atoms with Gasteiger partial charge >= 0.3 is 0 Å². The molecule has 1 aromatic carbocycles. The van der Waals surface area contributed by atoms with Crippen LogP contribution < -0.4 is 10.2 Å². The summed E-state index contributed by atoms with van der Waals surface area (Å²) in [6, 6.07) is 9.72. The number of benzene rings is 1. The van der Waals surface area contributed by atoms with Crippen molar-refractivity contribution < 1.29 is 5.11 Å². The van der Waals surface area contributed by atoms with Crippen molar-refractivity contribution in [1.82, 2.24) is 5.32 Å². The highest BCUT2D eigenvalue weighted by molar-refractivity contribution is 5.48. The zero-order valence-electron chi connectivity index (χ0n) is 13.5. The molecule has 1 saturated heterocycles. The van der Waals surface area contributed by atoms with Crippen molar-refractivity contribution in [2.24, 2.45) is 0 Å². The van der Waals surface area contributed by atoms with Crippen LogP contribution >= 0.6 is 0 Å². The molecule has 2 N–H and O–H groups in total. The van der Waals surface area contributed by atoms with Crippen LogP contribution in [0.4, 0.5) is 5.69 Å². The van der Waals surface area contributed by atoms with Gasteiger partial charge in [-0.3, -0.25) is 0 Å². The van der Waals surface area contributed by atoms with Crippen LogP contribution in [0, 0.1) is 0 Å². The third-order valence-corrected chi connectivity index (χ3v) is 4.57. The molecule has 3 heteroatoms. The Kier molecular flexibility index (Phi) is 6.52. The lowest BCUT2D eigenvalue weighted by Gasteiger charge is -2.29. The summed E-state index contributed by atoms with van der Waals surface area (Å²) in [7, 11) is 0. The first-order valence-electron chi connectivity index (χ1n) is 8.46. The van der Waals surface area contributed by atoms with Crippen LogP contribution in [-0.2, 0) is 0 Å². The van der Waals surface area contributed by atoms with Gasteiger partial charge in [0.25, 0.3) is 0 Å². The molecule has 0 bridgehead atoms. The number of aliphatic hydroxyl groups excluding tert-OH is 1. The molecule has 21 heavy (non-hydrogen) atoms. The average molecular weight is 290 g/mol. The summed E-state index contributed by atoms with van der Waals surface area (Å²) in [5, 5.41) is 12.7.